The lowest BCUT2D eigenvalue weighted by molar-refractivity contribution is 0.550. The molecule has 0 atom stereocenters. The molecule has 0 nitrogen and oxygen atoms in total. The number of benzene rings is 1. The fourth-order valence-corrected chi connectivity index (χ4v) is 2.78. The number of aryl methyl sites for hydroxylation is 1. The van der Waals surface area contributed by atoms with Crippen molar-refractivity contribution in [3.8, 4) is 0 Å². The molecule has 1 aromatic carbocycles. The van der Waals surface area contributed by atoms with Crippen LogP contribution < -0.4 is 0 Å². The molecule has 0 aliphatic carbocycles. The number of hydrogen-bond acceptors (Lipinski definition) is 0. The van der Waals surface area contributed by atoms with Gasteiger partial charge in [-0.1, -0.05) is 86.4 Å². The third kappa shape index (κ3) is 5.85. The SMILES string of the molecule is CC.CCCCc1c(C(C)(C)C)cc(C)cc1C(C)(C)C. The van der Waals surface area contributed by atoms with Crippen molar-refractivity contribution in [3.05, 3.63) is 34.4 Å². The molecule has 1 rings (SSSR count). The van der Waals surface area contributed by atoms with Crippen molar-refractivity contribution in [3.63, 3.8) is 0 Å². The summed E-state index contributed by atoms with van der Waals surface area (Å²) < 4.78 is 0. The van der Waals surface area contributed by atoms with Crippen LogP contribution in [0.15, 0.2) is 12.1 Å². The molecular weight excluding hydrogens is 252 g/mol. The standard InChI is InChI=1S/C19H32.C2H6/c1-9-10-11-15-16(18(3,4)5)12-14(2)13-17(15)19(6,7)8;1-2/h12-13H,9-11H2,1-8H3;1-2H3. The summed E-state index contributed by atoms with van der Waals surface area (Å²) in [6, 6.07) is 4.81. The molecule has 0 fully saturated rings. The molecule has 1 aromatic rings. The second-order valence-corrected chi connectivity index (χ2v) is 7.94. The Morgan fingerprint density at radius 1 is 0.810 bits per heavy atom. The first-order chi connectivity index (χ1) is 9.57. The topological polar surface area (TPSA) is 0 Å². The van der Waals surface area contributed by atoms with Gasteiger partial charge < -0.3 is 0 Å². The van der Waals surface area contributed by atoms with Gasteiger partial charge in [0.1, 0.15) is 0 Å². The van der Waals surface area contributed by atoms with E-state index in [9.17, 15) is 0 Å². The Morgan fingerprint density at radius 3 is 1.48 bits per heavy atom. The van der Waals surface area contributed by atoms with Gasteiger partial charge in [-0.15, -0.1) is 0 Å². The van der Waals surface area contributed by atoms with Crippen molar-refractivity contribution in [1.82, 2.24) is 0 Å². The molecule has 0 unspecified atom stereocenters. The van der Waals surface area contributed by atoms with Crippen LogP contribution in [0, 0.1) is 6.92 Å². The van der Waals surface area contributed by atoms with Crippen LogP contribution in [0.2, 0.25) is 0 Å². The first-order valence-electron chi connectivity index (χ1n) is 8.72. The zero-order chi connectivity index (χ0) is 16.8. The van der Waals surface area contributed by atoms with E-state index in [4.69, 9.17) is 0 Å². The Balaban J connectivity index is 0.00000191. The number of hydrogen-bond donors (Lipinski definition) is 0. The molecule has 0 spiro atoms. The van der Waals surface area contributed by atoms with Crippen molar-refractivity contribution in [2.45, 2.75) is 99.3 Å². The van der Waals surface area contributed by atoms with E-state index < -0.39 is 0 Å². The molecule has 0 amide bonds. The molecule has 0 aliphatic heterocycles. The largest absolute Gasteiger partial charge is 0.0683 e. The van der Waals surface area contributed by atoms with Crippen LogP contribution in [0.4, 0.5) is 0 Å². The maximum absolute atomic E-state index is 2.40. The normalized spacial score (nSPS) is 11.9. The average Bonchev–Trinajstić information content (AvgIpc) is 2.36. The highest BCUT2D eigenvalue weighted by atomic mass is 14.3. The summed E-state index contributed by atoms with van der Waals surface area (Å²) >= 11 is 0. The molecule has 0 heterocycles. The second kappa shape index (κ2) is 8.01. The molecule has 0 heteroatoms. The third-order valence-corrected chi connectivity index (χ3v) is 3.79. The molecule has 0 radical (unpaired) electrons. The van der Waals surface area contributed by atoms with E-state index in [-0.39, 0.29) is 10.8 Å². The van der Waals surface area contributed by atoms with Gasteiger partial charge in [-0.3, -0.25) is 0 Å². The van der Waals surface area contributed by atoms with Crippen LogP contribution in [-0.4, -0.2) is 0 Å². The molecule has 0 aliphatic rings. The summed E-state index contributed by atoms with van der Waals surface area (Å²) in [5, 5.41) is 0. The third-order valence-electron chi connectivity index (χ3n) is 3.79. The summed E-state index contributed by atoms with van der Waals surface area (Å²) in [5.74, 6) is 0. The maximum atomic E-state index is 2.40. The molecule has 21 heavy (non-hydrogen) atoms. The van der Waals surface area contributed by atoms with Gasteiger partial charge in [0.05, 0.1) is 0 Å². The summed E-state index contributed by atoms with van der Waals surface area (Å²) in [6.07, 6.45) is 3.77. The van der Waals surface area contributed by atoms with Crippen molar-refractivity contribution < 1.29 is 0 Å². The van der Waals surface area contributed by atoms with Crippen LogP contribution in [0.25, 0.3) is 0 Å². The van der Waals surface area contributed by atoms with E-state index >= 15 is 0 Å². The smallest absolute Gasteiger partial charge is 0.0129 e. The zero-order valence-electron chi connectivity index (χ0n) is 16.3. The highest BCUT2D eigenvalue weighted by molar-refractivity contribution is 5.45. The van der Waals surface area contributed by atoms with Crippen molar-refractivity contribution >= 4 is 0 Å². The molecule has 0 saturated heterocycles. The first-order valence-corrected chi connectivity index (χ1v) is 8.72. The van der Waals surface area contributed by atoms with E-state index in [1.165, 1.54) is 24.8 Å². The van der Waals surface area contributed by atoms with Crippen LogP contribution in [0.1, 0.15) is 97.4 Å². The predicted molar refractivity (Wildman–Crippen MR) is 98.5 cm³/mol. The average molecular weight is 291 g/mol. The minimum absolute atomic E-state index is 0.231. The minimum Gasteiger partial charge on any atom is -0.0683 e. The van der Waals surface area contributed by atoms with Crippen LogP contribution in [0.3, 0.4) is 0 Å². The Morgan fingerprint density at radius 2 is 1.19 bits per heavy atom. The fourth-order valence-electron chi connectivity index (χ4n) is 2.78. The van der Waals surface area contributed by atoms with Crippen molar-refractivity contribution in [1.29, 1.82) is 0 Å². The van der Waals surface area contributed by atoms with E-state index in [2.05, 4.69) is 67.5 Å². The van der Waals surface area contributed by atoms with Gasteiger partial charge in [-0.2, -0.15) is 0 Å². The number of rotatable bonds is 3. The van der Waals surface area contributed by atoms with E-state index in [0.717, 1.165) is 0 Å². The molecule has 122 valence electrons. The van der Waals surface area contributed by atoms with Gasteiger partial charge in [-0.25, -0.2) is 0 Å². The Hall–Kier alpha value is -0.780. The molecule has 0 N–H and O–H groups in total. The predicted octanol–water partition coefficient (Wildman–Crippen LogP) is 6.96. The van der Waals surface area contributed by atoms with Gasteiger partial charge in [0.2, 0.25) is 0 Å². The van der Waals surface area contributed by atoms with E-state index in [1.54, 1.807) is 16.7 Å². The lowest BCUT2D eigenvalue weighted by Gasteiger charge is -2.31. The molecule has 0 bridgehead atoms. The maximum Gasteiger partial charge on any atom is -0.0129 e. The van der Waals surface area contributed by atoms with E-state index in [1.807, 2.05) is 13.8 Å². The van der Waals surface area contributed by atoms with Crippen molar-refractivity contribution in [2.75, 3.05) is 0 Å². The lowest BCUT2D eigenvalue weighted by atomic mass is 9.74. The van der Waals surface area contributed by atoms with Gasteiger partial charge in [0.15, 0.2) is 0 Å². The summed E-state index contributed by atoms with van der Waals surface area (Å²) in [7, 11) is 0. The van der Waals surface area contributed by atoms with Crippen LogP contribution in [0.5, 0.6) is 0 Å². The Bertz CT molecular complexity index is 389. The first kappa shape index (κ1) is 20.2. The monoisotopic (exact) mass is 290 g/mol. The Labute approximate surface area is 134 Å². The lowest BCUT2D eigenvalue weighted by Crippen LogP contribution is -2.21. The highest BCUT2D eigenvalue weighted by Gasteiger charge is 2.25. The van der Waals surface area contributed by atoms with Crippen molar-refractivity contribution in [2.24, 2.45) is 0 Å². The molecular formula is C21H38. The summed E-state index contributed by atoms with van der Waals surface area (Å²) in [4.78, 5) is 0. The van der Waals surface area contributed by atoms with Crippen LogP contribution in [-0.2, 0) is 17.3 Å². The minimum atomic E-state index is 0.231. The summed E-state index contributed by atoms with van der Waals surface area (Å²) in [6.45, 7) is 22.5. The molecule has 0 aromatic heterocycles. The summed E-state index contributed by atoms with van der Waals surface area (Å²) in [5.41, 5.74) is 6.56. The van der Waals surface area contributed by atoms with Gasteiger partial charge >= 0.3 is 0 Å². The number of unbranched alkanes of at least 4 members (excludes halogenated alkanes) is 1. The Kier molecular flexibility index (Phi) is 7.71. The highest BCUT2D eigenvalue weighted by Crippen LogP contribution is 2.35. The quantitative estimate of drug-likeness (QED) is 0.564. The van der Waals surface area contributed by atoms with Gasteiger partial charge in [0, 0.05) is 0 Å². The van der Waals surface area contributed by atoms with Crippen LogP contribution >= 0.6 is 0 Å². The molecule has 0 saturated carbocycles. The second-order valence-electron chi connectivity index (χ2n) is 7.94. The van der Waals surface area contributed by atoms with E-state index in [0.29, 0.717) is 0 Å². The van der Waals surface area contributed by atoms with Gasteiger partial charge in [-0.05, 0) is 47.3 Å². The fraction of sp³-hybridized carbons (Fsp3) is 0.714. The van der Waals surface area contributed by atoms with Gasteiger partial charge in [0.25, 0.3) is 0 Å². The zero-order valence-corrected chi connectivity index (χ0v) is 16.3.